The molecular weight excluding hydrogens is 360 g/mol. The highest BCUT2D eigenvalue weighted by Crippen LogP contribution is 2.21. The Bertz CT molecular complexity index is 945. The first-order valence-electron chi connectivity index (χ1n) is 10.2. The van der Waals surface area contributed by atoms with Crippen LogP contribution in [0.1, 0.15) is 23.4 Å². The van der Waals surface area contributed by atoms with Crippen LogP contribution in [0.25, 0.3) is 5.82 Å². The fourth-order valence-electron chi connectivity index (χ4n) is 3.94. The summed E-state index contributed by atoms with van der Waals surface area (Å²) >= 11 is 0. The first-order chi connectivity index (χ1) is 14.2. The number of rotatable bonds is 5. The van der Waals surface area contributed by atoms with E-state index in [-0.39, 0.29) is 0 Å². The van der Waals surface area contributed by atoms with Crippen molar-refractivity contribution >= 4 is 5.96 Å². The van der Waals surface area contributed by atoms with E-state index in [0.717, 1.165) is 42.7 Å². The maximum atomic E-state index is 4.57. The Kier molecular flexibility index (Phi) is 5.89. The largest absolute Gasteiger partial charge is 0.352 e. The van der Waals surface area contributed by atoms with Crippen molar-refractivity contribution in [2.45, 2.75) is 26.3 Å². The molecule has 6 nitrogen and oxygen atoms in total. The molecule has 0 aliphatic carbocycles. The second-order valence-electron chi connectivity index (χ2n) is 7.56. The molecule has 0 radical (unpaired) electrons. The summed E-state index contributed by atoms with van der Waals surface area (Å²) in [7, 11) is 1.86. The minimum Gasteiger partial charge on any atom is -0.352 e. The smallest absolute Gasteiger partial charge is 0.193 e. The van der Waals surface area contributed by atoms with Crippen LogP contribution in [0.5, 0.6) is 0 Å². The summed E-state index contributed by atoms with van der Waals surface area (Å²) in [5.74, 6) is 3.46. The van der Waals surface area contributed by atoms with Gasteiger partial charge in [-0.3, -0.25) is 9.56 Å². The molecule has 1 unspecified atom stereocenters. The van der Waals surface area contributed by atoms with Crippen LogP contribution in [0.4, 0.5) is 0 Å². The van der Waals surface area contributed by atoms with Gasteiger partial charge in [0.2, 0.25) is 0 Å². The van der Waals surface area contributed by atoms with Crippen LogP contribution in [0, 0.1) is 12.8 Å². The van der Waals surface area contributed by atoms with Gasteiger partial charge in [-0.05, 0) is 42.9 Å². The molecule has 0 saturated carbocycles. The Morgan fingerprint density at radius 3 is 2.69 bits per heavy atom. The quantitative estimate of drug-likeness (QED) is 0.539. The fourth-order valence-corrected chi connectivity index (χ4v) is 3.94. The molecule has 3 heterocycles. The third kappa shape index (κ3) is 4.65. The van der Waals surface area contributed by atoms with Crippen LogP contribution in [0.2, 0.25) is 0 Å². The van der Waals surface area contributed by atoms with Crippen LogP contribution in [0.15, 0.2) is 66.0 Å². The number of hydrogen-bond acceptors (Lipinski definition) is 3. The molecule has 1 aliphatic heterocycles. The Morgan fingerprint density at radius 1 is 1.14 bits per heavy atom. The van der Waals surface area contributed by atoms with E-state index in [1.54, 1.807) is 6.20 Å². The third-order valence-corrected chi connectivity index (χ3v) is 5.50. The lowest BCUT2D eigenvalue weighted by Gasteiger charge is -2.22. The third-order valence-electron chi connectivity index (χ3n) is 5.50. The predicted octanol–water partition coefficient (Wildman–Crippen LogP) is 3.22. The number of nitrogens with one attached hydrogen (secondary N) is 1. The molecule has 1 fully saturated rings. The Balaban J connectivity index is 1.31. The zero-order valence-electron chi connectivity index (χ0n) is 17.1. The molecule has 0 amide bonds. The van der Waals surface area contributed by atoms with Crippen LogP contribution >= 0.6 is 0 Å². The molecule has 1 N–H and O–H groups in total. The summed E-state index contributed by atoms with van der Waals surface area (Å²) < 4.78 is 1.98. The van der Waals surface area contributed by atoms with Crippen LogP contribution in [0.3, 0.4) is 0 Å². The molecule has 2 aromatic heterocycles. The summed E-state index contributed by atoms with van der Waals surface area (Å²) in [6.45, 7) is 4.78. The monoisotopic (exact) mass is 388 g/mol. The molecule has 1 aliphatic rings. The number of hydrogen-bond donors (Lipinski definition) is 1. The van der Waals surface area contributed by atoms with Crippen LogP contribution in [-0.4, -0.2) is 45.5 Å². The van der Waals surface area contributed by atoms with Crippen molar-refractivity contribution in [2.24, 2.45) is 10.9 Å². The minimum atomic E-state index is 0.676. The second kappa shape index (κ2) is 8.90. The van der Waals surface area contributed by atoms with E-state index in [0.29, 0.717) is 12.5 Å². The molecule has 29 heavy (non-hydrogen) atoms. The number of aromatic nitrogens is 3. The highest BCUT2D eigenvalue weighted by atomic mass is 15.3. The molecule has 1 aromatic carbocycles. The van der Waals surface area contributed by atoms with Gasteiger partial charge in [-0.25, -0.2) is 9.97 Å². The van der Waals surface area contributed by atoms with Gasteiger partial charge in [-0.15, -0.1) is 0 Å². The van der Waals surface area contributed by atoms with Gasteiger partial charge in [0.15, 0.2) is 5.96 Å². The lowest BCUT2D eigenvalue weighted by atomic mass is 9.99. The van der Waals surface area contributed by atoms with Crippen molar-refractivity contribution in [1.82, 2.24) is 24.8 Å². The molecule has 3 aromatic rings. The van der Waals surface area contributed by atoms with Gasteiger partial charge < -0.3 is 10.2 Å². The number of pyridine rings is 1. The zero-order valence-corrected chi connectivity index (χ0v) is 17.1. The van der Waals surface area contributed by atoms with E-state index in [4.69, 9.17) is 0 Å². The van der Waals surface area contributed by atoms with Crippen molar-refractivity contribution in [3.63, 3.8) is 0 Å². The molecule has 4 rings (SSSR count). The van der Waals surface area contributed by atoms with E-state index >= 15 is 0 Å². The van der Waals surface area contributed by atoms with Gasteiger partial charge in [0.05, 0.1) is 0 Å². The maximum absolute atomic E-state index is 4.57. The van der Waals surface area contributed by atoms with Crippen LogP contribution in [-0.2, 0) is 13.0 Å². The molecule has 1 atom stereocenters. The zero-order chi connectivity index (χ0) is 20.1. The normalized spacial score (nSPS) is 17.0. The second-order valence-corrected chi connectivity index (χ2v) is 7.56. The van der Waals surface area contributed by atoms with Gasteiger partial charge in [0, 0.05) is 45.3 Å². The number of imidazole rings is 1. The van der Waals surface area contributed by atoms with Crippen molar-refractivity contribution < 1.29 is 0 Å². The lowest BCUT2D eigenvalue weighted by Crippen LogP contribution is -2.39. The average molecular weight is 389 g/mol. The molecule has 6 heteroatoms. The fraction of sp³-hybridized carbons (Fsp3) is 0.348. The van der Waals surface area contributed by atoms with E-state index in [2.05, 4.69) is 61.6 Å². The summed E-state index contributed by atoms with van der Waals surface area (Å²) in [6.07, 6.45) is 7.97. The number of nitrogens with zero attached hydrogens (tertiary/aromatic N) is 5. The van der Waals surface area contributed by atoms with Gasteiger partial charge in [0.25, 0.3) is 0 Å². The van der Waals surface area contributed by atoms with Crippen molar-refractivity contribution in [2.75, 3.05) is 20.1 Å². The molecule has 0 spiro atoms. The van der Waals surface area contributed by atoms with Gasteiger partial charge in [0.1, 0.15) is 11.6 Å². The Labute approximate surface area is 172 Å². The Morgan fingerprint density at radius 2 is 2.00 bits per heavy atom. The highest BCUT2D eigenvalue weighted by Gasteiger charge is 2.24. The SMILES string of the molecule is CN=C(NCc1ccc(-n2ccnc2C)nc1)N1CCC(Cc2ccccc2)C1. The first kappa shape index (κ1) is 19.2. The average Bonchev–Trinajstić information content (AvgIpc) is 3.39. The number of likely N-dealkylation sites (tertiary alicyclic amines) is 1. The van der Waals surface area contributed by atoms with E-state index < -0.39 is 0 Å². The van der Waals surface area contributed by atoms with Crippen molar-refractivity contribution in [3.8, 4) is 5.82 Å². The van der Waals surface area contributed by atoms with Gasteiger partial charge >= 0.3 is 0 Å². The molecular formula is C23H28N6. The summed E-state index contributed by atoms with van der Waals surface area (Å²) in [4.78, 5) is 15.7. The van der Waals surface area contributed by atoms with E-state index in [1.165, 1.54) is 12.0 Å². The summed E-state index contributed by atoms with van der Waals surface area (Å²) in [6, 6.07) is 14.9. The van der Waals surface area contributed by atoms with Crippen LogP contribution < -0.4 is 5.32 Å². The Hall–Kier alpha value is -3.15. The number of guanidine groups is 1. The van der Waals surface area contributed by atoms with Crippen molar-refractivity contribution in [3.05, 3.63) is 78.0 Å². The highest BCUT2D eigenvalue weighted by molar-refractivity contribution is 5.80. The van der Waals surface area contributed by atoms with Crippen molar-refractivity contribution in [1.29, 1.82) is 0 Å². The molecule has 1 saturated heterocycles. The predicted molar refractivity (Wildman–Crippen MR) is 116 cm³/mol. The number of aliphatic imine (C=N–C) groups is 1. The summed E-state index contributed by atoms with van der Waals surface area (Å²) in [5.41, 5.74) is 2.55. The summed E-state index contributed by atoms with van der Waals surface area (Å²) in [5, 5.41) is 3.49. The molecule has 0 bridgehead atoms. The number of aryl methyl sites for hydroxylation is 1. The standard InChI is InChI=1S/C23H28N6/c1-18-25-11-13-29(18)22-9-8-21(15-26-22)16-27-23(24-2)28-12-10-20(17-28)14-19-6-4-3-5-7-19/h3-9,11,13,15,20H,10,12,14,16-17H2,1-2H3,(H,24,27). The van der Waals surface area contributed by atoms with E-state index in [9.17, 15) is 0 Å². The first-order valence-corrected chi connectivity index (χ1v) is 10.2. The maximum Gasteiger partial charge on any atom is 0.193 e. The van der Waals surface area contributed by atoms with Gasteiger partial charge in [-0.1, -0.05) is 36.4 Å². The molecule has 150 valence electrons. The van der Waals surface area contributed by atoms with E-state index in [1.807, 2.05) is 37.0 Å². The lowest BCUT2D eigenvalue weighted by molar-refractivity contribution is 0.459. The number of benzene rings is 1. The minimum absolute atomic E-state index is 0.676. The topological polar surface area (TPSA) is 58.3 Å². The van der Waals surface area contributed by atoms with Gasteiger partial charge in [-0.2, -0.15) is 0 Å².